The van der Waals surface area contributed by atoms with Crippen molar-refractivity contribution < 1.29 is 23.8 Å². The van der Waals surface area contributed by atoms with E-state index in [2.05, 4.69) is 5.16 Å². The summed E-state index contributed by atoms with van der Waals surface area (Å²) in [4.78, 5) is 5.39. The molecule has 0 aliphatic carbocycles. The largest absolute Gasteiger partial charge is 0.492 e. The third kappa shape index (κ3) is 2.55. The van der Waals surface area contributed by atoms with E-state index in [0.717, 1.165) is 11.3 Å². The molecule has 2 aliphatic heterocycles. The molecule has 0 amide bonds. The third-order valence-corrected chi connectivity index (χ3v) is 3.76. The zero-order valence-corrected chi connectivity index (χ0v) is 12.6. The van der Waals surface area contributed by atoms with Crippen molar-refractivity contribution in [3.05, 3.63) is 11.6 Å². The van der Waals surface area contributed by atoms with Crippen LogP contribution in [0.4, 0.5) is 0 Å². The van der Waals surface area contributed by atoms with Gasteiger partial charge in [-0.25, -0.2) is 0 Å². The standard InChI is InChI=1S/C14H16ClNO5/c1-17-12-8(3-10-5-9(6-15)16-21-10)4-11-13(14(12)18-2)20-7-19-11/h4,10H,3,5-7H2,1-2H3/t10-/m0/s1. The third-order valence-electron chi connectivity index (χ3n) is 3.46. The molecule has 1 aromatic carbocycles. The predicted octanol–water partition coefficient (Wildman–Crippen LogP) is 2.36. The van der Waals surface area contributed by atoms with Gasteiger partial charge in [0.1, 0.15) is 6.10 Å². The molecular formula is C14H16ClNO5. The van der Waals surface area contributed by atoms with Gasteiger partial charge in [0, 0.05) is 18.4 Å². The Bertz CT molecular complexity index is 575. The van der Waals surface area contributed by atoms with Gasteiger partial charge in [-0.15, -0.1) is 11.6 Å². The van der Waals surface area contributed by atoms with Crippen molar-refractivity contribution in [1.82, 2.24) is 0 Å². The Morgan fingerprint density at radius 2 is 2.10 bits per heavy atom. The second-order valence-electron chi connectivity index (χ2n) is 4.76. The first kappa shape index (κ1) is 14.1. The summed E-state index contributed by atoms with van der Waals surface area (Å²) in [6.45, 7) is 0.178. The van der Waals surface area contributed by atoms with Crippen LogP contribution >= 0.6 is 11.6 Å². The van der Waals surface area contributed by atoms with Gasteiger partial charge >= 0.3 is 0 Å². The molecule has 0 saturated heterocycles. The SMILES string of the molecule is COc1c(C[C@H]2CC(CCl)=NO2)cc2c(c1OC)OCO2. The number of hydrogen-bond acceptors (Lipinski definition) is 6. The number of nitrogens with zero attached hydrogens (tertiary/aromatic N) is 1. The zero-order chi connectivity index (χ0) is 14.8. The fourth-order valence-corrected chi connectivity index (χ4v) is 2.68. The molecular weight excluding hydrogens is 298 g/mol. The summed E-state index contributed by atoms with van der Waals surface area (Å²) in [5.74, 6) is 2.78. The van der Waals surface area contributed by atoms with Crippen molar-refractivity contribution in [1.29, 1.82) is 0 Å². The molecule has 3 rings (SSSR count). The first-order valence-electron chi connectivity index (χ1n) is 6.57. The number of methoxy groups -OCH3 is 2. The number of benzene rings is 1. The molecule has 0 unspecified atom stereocenters. The van der Waals surface area contributed by atoms with Crippen LogP contribution in [0.2, 0.25) is 0 Å². The normalized spacial score (nSPS) is 19.2. The van der Waals surface area contributed by atoms with E-state index in [0.29, 0.717) is 41.7 Å². The van der Waals surface area contributed by atoms with E-state index in [1.54, 1.807) is 14.2 Å². The molecule has 0 fully saturated rings. The molecule has 0 saturated carbocycles. The van der Waals surface area contributed by atoms with Crippen LogP contribution in [0.25, 0.3) is 0 Å². The van der Waals surface area contributed by atoms with E-state index in [1.165, 1.54) is 0 Å². The summed E-state index contributed by atoms with van der Waals surface area (Å²) in [5, 5.41) is 3.96. The van der Waals surface area contributed by atoms with Crippen molar-refractivity contribution >= 4 is 17.3 Å². The number of rotatable bonds is 5. The smallest absolute Gasteiger partial charge is 0.231 e. The summed E-state index contributed by atoms with van der Waals surface area (Å²) in [5.41, 5.74) is 1.78. The highest BCUT2D eigenvalue weighted by atomic mass is 35.5. The Balaban J connectivity index is 1.88. The van der Waals surface area contributed by atoms with E-state index < -0.39 is 0 Å². The molecule has 0 radical (unpaired) electrons. The Morgan fingerprint density at radius 3 is 2.76 bits per heavy atom. The van der Waals surface area contributed by atoms with E-state index in [9.17, 15) is 0 Å². The lowest BCUT2D eigenvalue weighted by molar-refractivity contribution is 0.0853. The Labute approximate surface area is 127 Å². The topological polar surface area (TPSA) is 58.5 Å². The van der Waals surface area contributed by atoms with Gasteiger partial charge in [-0.05, 0) is 6.07 Å². The van der Waals surface area contributed by atoms with Crippen LogP contribution in [-0.4, -0.2) is 38.7 Å². The number of alkyl halides is 1. The molecule has 1 atom stereocenters. The summed E-state index contributed by atoms with van der Waals surface area (Å²) >= 11 is 5.77. The van der Waals surface area contributed by atoms with Gasteiger partial charge in [0.25, 0.3) is 0 Å². The van der Waals surface area contributed by atoms with E-state index in [1.807, 2.05) is 6.07 Å². The maximum atomic E-state index is 5.77. The lowest BCUT2D eigenvalue weighted by atomic mass is 10.0. The zero-order valence-electron chi connectivity index (χ0n) is 11.8. The van der Waals surface area contributed by atoms with E-state index in [4.69, 9.17) is 35.4 Å². The van der Waals surface area contributed by atoms with Crippen LogP contribution in [0, 0.1) is 0 Å². The van der Waals surface area contributed by atoms with Crippen LogP contribution in [0.15, 0.2) is 11.2 Å². The van der Waals surface area contributed by atoms with E-state index in [-0.39, 0.29) is 12.9 Å². The molecule has 0 bridgehead atoms. The van der Waals surface area contributed by atoms with Gasteiger partial charge in [-0.2, -0.15) is 0 Å². The van der Waals surface area contributed by atoms with Crippen LogP contribution < -0.4 is 18.9 Å². The monoisotopic (exact) mass is 313 g/mol. The molecule has 7 heteroatoms. The maximum absolute atomic E-state index is 5.77. The highest BCUT2D eigenvalue weighted by Crippen LogP contribution is 2.49. The van der Waals surface area contributed by atoms with Crippen LogP contribution in [0.5, 0.6) is 23.0 Å². The van der Waals surface area contributed by atoms with Gasteiger partial charge in [0.05, 0.1) is 25.8 Å². The predicted molar refractivity (Wildman–Crippen MR) is 77.0 cm³/mol. The second-order valence-corrected chi connectivity index (χ2v) is 5.03. The van der Waals surface area contributed by atoms with Gasteiger partial charge in [0.2, 0.25) is 18.3 Å². The molecule has 0 spiro atoms. The molecule has 21 heavy (non-hydrogen) atoms. The van der Waals surface area contributed by atoms with Gasteiger partial charge in [0.15, 0.2) is 11.5 Å². The molecule has 2 heterocycles. The molecule has 6 nitrogen and oxygen atoms in total. The number of fused-ring (bicyclic) bond motifs is 1. The summed E-state index contributed by atoms with van der Waals surface area (Å²) in [6, 6.07) is 1.89. The summed E-state index contributed by atoms with van der Waals surface area (Å²) in [6.07, 6.45) is 1.28. The minimum atomic E-state index is -0.0577. The Morgan fingerprint density at radius 1 is 1.29 bits per heavy atom. The molecule has 0 N–H and O–H groups in total. The number of oxime groups is 1. The van der Waals surface area contributed by atoms with Crippen molar-refractivity contribution in [2.45, 2.75) is 18.9 Å². The first-order valence-corrected chi connectivity index (χ1v) is 7.11. The van der Waals surface area contributed by atoms with Crippen molar-refractivity contribution in [2.75, 3.05) is 26.9 Å². The average molecular weight is 314 g/mol. The fourth-order valence-electron chi connectivity index (χ4n) is 2.53. The Kier molecular flexibility index (Phi) is 3.96. The van der Waals surface area contributed by atoms with Crippen LogP contribution in [0.3, 0.4) is 0 Å². The van der Waals surface area contributed by atoms with Gasteiger partial charge in [-0.3, -0.25) is 0 Å². The Hall–Kier alpha value is -1.82. The molecule has 1 aromatic rings. The molecule has 2 aliphatic rings. The van der Waals surface area contributed by atoms with Crippen molar-refractivity contribution in [3.63, 3.8) is 0 Å². The van der Waals surface area contributed by atoms with E-state index >= 15 is 0 Å². The van der Waals surface area contributed by atoms with Gasteiger partial charge < -0.3 is 23.8 Å². The molecule has 0 aromatic heterocycles. The highest BCUT2D eigenvalue weighted by molar-refractivity contribution is 6.28. The second kappa shape index (κ2) is 5.89. The summed E-state index contributed by atoms with van der Waals surface area (Å²) < 4.78 is 21.7. The quantitative estimate of drug-likeness (QED) is 0.781. The minimum Gasteiger partial charge on any atom is -0.492 e. The van der Waals surface area contributed by atoms with Crippen molar-refractivity contribution in [3.8, 4) is 23.0 Å². The number of hydrogen-bond donors (Lipinski definition) is 0. The fraction of sp³-hybridized carbons (Fsp3) is 0.500. The highest BCUT2D eigenvalue weighted by Gasteiger charge is 2.29. The minimum absolute atomic E-state index is 0.0577. The van der Waals surface area contributed by atoms with Crippen LogP contribution in [-0.2, 0) is 11.3 Å². The lowest BCUT2D eigenvalue weighted by Crippen LogP contribution is -2.13. The van der Waals surface area contributed by atoms with Crippen molar-refractivity contribution in [2.24, 2.45) is 5.16 Å². The molecule has 114 valence electrons. The summed E-state index contributed by atoms with van der Waals surface area (Å²) in [7, 11) is 3.17. The first-order chi connectivity index (χ1) is 10.3. The average Bonchev–Trinajstić information content (AvgIpc) is 3.14. The van der Waals surface area contributed by atoms with Gasteiger partial charge in [-0.1, -0.05) is 5.16 Å². The lowest BCUT2D eigenvalue weighted by Gasteiger charge is -2.16. The van der Waals surface area contributed by atoms with Crippen LogP contribution in [0.1, 0.15) is 12.0 Å². The number of halogens is 1. The number of ether oxygens (including phenoxy) is 4. The maximum Gasteiger partial charge on any atom is 0.231 e.